The van der Waals surface area contributed by atoms with Crippen molar-refractivity contribution in [1.82, 2.24) is 4.98 Å². The lowest BCUT2D eigenvalue weighted by Crippen LogP contribution is -2.01. The Labute approximate surface area is 147 Å². The third-order valence-electron chi connectivity index (χ3n) is 3.65. The number of carbonyl (C=O) groups is 1. The Morgan fingerprint density at radius 3 is 2.80 bits per heavy atom. The fraction of sp³-hybridized carbons (Fsp3) is 0. The second kappa shape index (κ2) is 6.59. The topological polar surface area (TPSA) is 99.8 Å². The minimum Gasteiger partial charge on any atom is -0.360 e. The van der Waals surface area contributed by atoms with Gasteiger partial charge >= 0.3 is 0 Å². The van der Waals surface area contributed by atoms with Crippen LogP contribution in [0.4, 0.5) is 5.69 Å². The Bertz CT molecular complexity index is 1080. The number of H-pyrrole nitrogens is 1. The molecule has 25 heavy (non-hydrogen) atoms. The number of halogens is 1. The van der Waals surface area contributed by atoms with Gasteiger partial charge in [-0.2, -0.15) is 5.26 Å². The third kappa shape index (κ3) is 3.27. The van der Waals surface area contributed by atoms with Crippen LogP contribution in [-0.4, -0.2) is 15.7 Å². The van der Waals surface area contributed by atoms with Crippen molar-refractivity contribution in [3.8, 4) is 6.07 Å². The van der Waals surface area contributed by atoms with Crippen LogP contribution in [0, 0.1) is 21.4 Å². The van der Waals surface area contributed by atoms with Gasteiger partial charge in [0.25, 0.3) is 5.69 Å². The molecule has 0 amide bonds. The Morgan fingerprint density at radius 1 is 1.28 bits per heavy atom. The van der Waals surface area contributed by atoms with Crippen LogP contribution in [0.15, 0.2) is 54.2 Å². The smallest absolute Gasteiger partial charge is 0.270 e. The average molecular weight is 352 g/mol. The molecule has 6 nitrogen and oxygen atoms in total. The molecule has 1 heterocycles. The maximum absolute atomic E-state index is 12.7. The van der Waals surface area contributed by atoms with Gasteiger partial charge in [-0.15, -0.1) is 0 Å². The van der Waals surface area contributed by atoms with Gasteiger partial charge in [0.15, 0.2) is 0 Å². The first-order valence-electron chi connectivity index (χ1n) is 7.17. The van der Waals surface area contributed by atoms with Gasteiger partial charge in [0.05, 0.1) is 4.92 Å². The maximum atomic E-state index is 12.7. The molecule has 0 aliphatic heterocycles. The summed E-state index contributed by atoms with van der Waals surface area (Å²) in [5, 5.41) is 21.4. The van der Waals surface area contributed by atoms with Crippen molar-refractivity contribution in [1.29, 1.82) is 5.26 Å². The van der Waals surface area contributed by atoms with Gasteiger partial charge in [-0.3, -0.25) is 14.9 Å². The lowest BCUT2D eigenvalue weighted by atomic mass is 10.0. The van der Waals surface area contributed by atoms with Crippen LogP contribution >= 0.6 is 11.6 Å². The lowest BCUT2D eigenvalue weighted by molar-refractivity contribution is -0.384. The quantitative estimate of drug-likeness (QED) is 0.245. The van der Waals surface area contributed by atoms with E-state index in [0.717, 1.165) is 0 Å². The predicted octanol–water partition coefficient (Wildman–Crippen LogP) is 4.52. The van der Waals surface area contributed by atoms with Crippen LogP contribution in [-0.2, 0) is 0 Å². The minimum atomic E-state index is -0.533. The molecule has 122 valence electrons. The van der Waals surface area contributed by atoms with Crippen molar-refractivity contribution in [3.05, 3.63) is 80.5 Å². The number of carbonyl (C=O) groups excluding carboxylic acids is 1. The number of hydrogen-bond acceptors (Lipinski definition) is 4. The van der Waals surface area contributed by atoms with E-state index in [1.807, 2.05) is 6.07 Å². The molecule has 0 spiro atoms. The molecule has 0 unspecified atom stereocenters. The van der Waals surface area contributed by atoms with Crippen LogP contribution in [0.5, 0.6) is 0 Å². The summed E-state index contributed by atoms with van der Waals surface area (Å²) in [7, 11) is 0. The van der Waals surface area contributed by atoms with Gasteiger partial charge in [-0.25, -0.2) is 0 Å². The molecule has 3 rings (SSSR count). The molecule has 0 aliphatic carbocycles. The second-order valence-electron chi connectivity index (χ2n) is 5.24. The van der Waals surface area contributed by atoms with Crippen LogP contribution < -0.4 is 0 Å². The molecule has 1 aromatic heterocycles. The average Bonchev–Trinajstić information content (AvgIpc) is 3.02. The molecule has 3 aromatic rings. The van der Waals surface area contributed by atoms with E-state index in [1.54, 1.807) is 24.3 Å². The number of rotatable bonds is 4. The zero-order chi connectivity index (χ0) is 18.0. The minimum absolute atomic E-state index is 0.111. The second-order valence-corrected chi connectivity index (χ2v) is 5.68. The number of fused-ring (bicyclic) bond motifs is 1. The summed E-state index contributed by atoms with van der Waals surface area (Å²) in [6, 6.07) is 12.6. The van der Waals surface area contributed by atoms with Crippen molar-refractivity contribution >= 4 is 40.1 Å². The van der Waals surface area contributed by atoms with Gasteiger partial charge in [-0.05, 0) is 23.8 Å². The molecule has 0 bridgehead atoms. The molecule has 0 aliphatic rings. The summed E-state index contributed by atoms with van der Waals surface area (Å²) in [4.78, 5) is 25.9. The number of nitrogens with zero attached hydrogens (tertiary/aromatic N) is 2. The first kappa shape index (κ1) is 16.4. The summed E-state index contributed by atoms with van der Waals surface area (Å²) in [5.74, 6) is -0.470. The Kier molecular flexibility index (Phi) is 4.33. The molecule has 7 heteroatoms. The van der Waals surface area contributed by atoms with Crippen LogP contribution in [0.2, 0.25) is 5.02 Å². The standard InChI is InChI=1S/C18H10ClN3O3/c19-13-4-5-15-16(10-21-17(15)8-13)18(23)12(9-20)6-11-2-1-3-14(7-11)22(24)25/h1-8,10,21H/b12-6-. The fourth-order valence-electron chi connectivity index (χ4n) is 2.47. The lowest BCUT2D eigenvalue weighted by Gasteiger charge is -1.99. The number of non-ortho nitro benzene ring substituents is 1. The molecule has 2 aromatic carbocycles. The number of Topliss-reactive ketones (excluding diaryl/α,β-unsaturated/α-hetero) is 1. The first-order chi connectivity index (χ1) is 12.0. The molecular formula is C18H10ClN3O3. The number of allylic oxidation sites excluding steroid dienone is 1. The number of hydrogen-bond donors (Lipinski definition) is 1. The monoisotopic (exact) mass is 351 g/mol. The number of benzene rings is 2. The zero-order valence-electron chi connectivity index (χ0n) is 12.7. The first-order valence-corrected chi connectivity index (χ1v) is 7.55. The van der Waals surface area contributed by atoms with Crippen LogP contribution in [0.25, 0.3) is 17.0 Å². The van der Waals surface area contributed by atoms with Gasteiger partial charge in [0.2, 0.25) is 5.78 Å². The third-order valence-corrected chi connectivity index (χ3v) is 3.88. The Balaban J connectivity index is 2.03. The number of aromatic amines is 1. The molecular weight excluding hydrogens is 342 g/mol. The number of aromatic nitrogens is 1. The van der Waals surface area contributed by atoms with Crippen LogP contribution in [0.1, 0.15) is 15.9 Å². The van der Waals surface area contributed by atoms with E-state index in [1.165, 1.54) is 30.5 Å². The summed E-state index contributed by atoms with van der Waals surface area (Å²) in [5.41, 5.74) is 1.20. The number of nitro groups is 1. The zero-order valence-corrected chi connectivity index (χ0v) is 13.4. The largest absolute Gasteiger partial charge is 0.360 e. The molecule has 0 saturated heterocycles. The van der Waals surface area contributed by atoms with Crippen molar-refractivity contribution in [2.45, 2.75) is 0 Å². The highest BCUT2D eigenvalue weighted by Gasteiger charge is 2.17. The number of nitro benzene ring substituents is 1. The molecule has 0 radical (unpaired) electrons. The van der Waals surface area contributed by atoms with Crippen molar-refractivity contribution in [2.24, 2.45) is 0 Å². The van der Waals surface area contributed by atoms with E-state index in [0.29, 0.717) is 27.1 Å². The van der Waals surface area contributed by atoms with Crippen LogP contribution in [0.3, 0.4) is 0 Å². The SMILES string of the molecule is N#C/C(=C/c1cccc([N+](=O)[O-])c1)C(=O)c1c[nH]c2cc(Cl)ccc12. The van der Waals surface area contributed by atoms with E-state index in [4.69, 9.17) is 11.6 Å². The Morgan fingerprint density at radius 2 is 2.08 bits per heavy atom. The van der Waals surface area contributed by atoms with Gasteiger partial charge in [0.1, 0.15) is 11.6 Å². The molecule has 0 saturated carbocycles. The summed E-state index contributed by atoms with van der Waals surface area (Å²) < 4.78 is 0. The van der Waals surface area contributed by atoms with Crippen molar-refractivity contribution < 1.29 is 9.72 Å². The normalized spacial score (nSPS) is 11.3. The number of nitriles is 1. The molecule has 0 fully saturated rings. The highest BCUT2D eigenvalue weighted by Crippen LogP contribution is 2.25. The van der Waals surface area contributed by atoms with E-state index >= 15 is 0 Å². The number of nitrogens with one attached hydrogen (secondary N) is 1. The maximum Gasteiger partial charge on any atom is 0.270 e. The van der Waals surface area contributed by atoms with Gasteiger partial charge in [-0.1, -0.05) is 29.8 Å². The predicted molar refractivity (Wildman–Crippen MR) is 94.3 cm³/mol. The van der Waals surface area contributed by atoms with Crippen molar-refractivity contribution in [3.63, 3.8) is 0 Å². The van der Waals surface area contributed by atoms with Gasteiger partial charge < -0.3 is 4.98 Å². The van der Waals surface area contributed by atoms with E-state index in [-0.39, 0.29) is 11.3 Å². The Hall–Kier alpha value is -3.43. The summed E-state index contributed by atoms with van der Waals surface area (Å²) in [6.07, 6.45) is 2.85. The van der Waals surface area contributed by atoms with E-state index < -0.39 is 10.7 Å². The van der Waals surface area contributed by atoms with Crippen molar-refractivity contribution in [2.75, 3.05) is 0 Å². The summed E-state index contributed by atoms with van der Waals surface area (Å²) >= 11 is 5.92. The number of ketones is 1. The highest BCUT2D eigenvalue weighted by molar-refractivity contribution is 6.31. The summed E-state index contributed by atoms with van der Waals surface area (Å²) in [6.45, 7) is 0. The molecule has 1 N–H and O–H groups in total. The molecule has 0 atom stereocenters. The fourth-order valence-corrected chi connectivity index (χ4v) is 2.65. The highest BCUT2D eigenvalue weighted by atomic mass is 35.5. The van der Waals surface area contributed by atoms with E-state index in [2.05, 4.69) is 4.98 Å². The van der Waals surface area contributed by atoms with Gasteiger partial charge in [0, 0.05) is 39.8 Å². The van der Waals surface area contributed by atoms with E-state index in [9.17, 15) is 20.2 Å².